The molecule has 0 fully saturated rings. The van der Waals surface area contributed by atoms with Crippen LogP contribution in [0.2, 0.25) is 0 Å². The monoisotopic (exact) mass is 253 g/mol. The molecular weight excluding hydrogens is 234 g/mol. The van der Waals surface area contributed by atoms with E-state index in [1.165, 1.54) is 0 Å². The first-order valence-corrected chi connectivity index (χ1v) is 5.92. The SMILES string of the molecule is COC(OC)C(C)NCc1ccc2c(c1)OCO2. The molecule has 5 nitrogen and oxygen atoms in total. The van der Waals surface area contributed by atoms with E-state index in [4.69, 9.17) is 18.9 Å². The van der Waals surface area contributed by atoms with Crippen LogP contribution in [0.5, 0.6) is 11.5 Å². The van der Waals surface area contributed by atoms with Crippen molar-refractivity contribution in [1.82, 2.24) is 5.32 Å². The third kappa shape index (κ3) is 2.93. The first kappa shape index (κ1) is 13.1. The average molecular weight is 253 g/mol. The summed E-state index contributed by atoms with van der Waals surface area (Å²) in [6, 6.07) is 6.03. The van der Waals surface area contributed by atoms with Crippen LogP contribution in [-0.4, -0.2) is 33.3 Å². The van der Waals surface area contributed by atoms with Crippen molar-refractivity contribution in [2.75, 3.05) is 21.0 Å². The lowest BCUT2D eigenvalue weighted by atomic mass is 10.2. The fourth-order valence-corrected chi connectivity index (χ4v) is 1.93. The maximum absolute atomic E-state index is 5.34. The van der Waals surface area contributed by atoms with Crippen LogP contribution >= 0.6 is 0 Å². The summed E-state index contributed by atoms with van der Waals surface area (Å²) in [4.78, 5) is 0. The molecule has 0 amide bonds. The summed E-state index contributed by atoms with van der Waals surface area (Å²) >= 11 is 0. The predicted octanol–water partition coefficient (Wildman–Crippen LogP) is 1.51. The van der Waals surface area contributed by atoms with E-state index in [2.05, 4.69) is 5.32 Å². The molecule has 1 heterocycles. The molecule has 1 atom stereocenters. The second-order valence-electron chi connectivity index (χ2n) is 4.20. The van der Waals surface area contributed by atoms with Gasteiger partial charge in [-0.25, -0.2) is 0 Å². The lowest BCUT2D eigenvalue weighted by Gasteiger charge is -2.22. The van der Waals surface area contributed by atoms with Gasteiger partial charge in [0.05, 0.1) is 6.04 Å². The Bertz CT molecular complexity index is 393. The molecule has 18 heavy (non-hydrogen) atoms. The molecule has 0 bridgehead atoms. The molecule has 0 radical (unpaired) electrons. The molecular formula is C13H19NO4. The number of benzene rings is 1. The van der Waals surface area contributed by atoms with Crippen molar-refractivity contribution in [2.45, 2.75) is 25.8 Å². The fraction of sp³-hybridized carbons (Fsp3) is 0.538. The van der Waals surface area contributed by atoms with E-state index in [1.54, 1.807) is 14.2 Å². The number of hydrogen-bond acceptors (Lipinski definition) is 5. The van der Waals surface area contributed by atoms with Gasteiger partial charge in [0, 0.05) is 20.8 Å². The maximum Gasteiger partial charge on any atom is 0.231 e. The quantitative estimate of drug-likeness (QED) is 0.779. The van der Waals surface area contributed by atoms with Gasteiger partial charge < -0.3 is 24.3 Å². The van der Waals surface area contributed by atoms with Gasteiger partial charge in [-0.1, -0.05) is 6.07 Å². The molecule has 2 rings (SSSR count). The summed E-state index contributed by atoms with van der Waals surface area (Å²) < 4.78 is 21.0. The Hall–Kier alpha value is -1.30. The maximum atomic E-state index is 5.34. The Morgan fingerprint density at radius 3 is 2.67 bits per heavy atom. The van der Waals surface area contributed by atoms with Crippen LogP contribution in [0.3, 0.4) is 0 Å². The Kier molecular flexibility index (Phi) is 4.41. The van der Waals surface area contributed by atoms with Gasteiger partial charge in [0.1, 0.15) is 0 Å². The highest BCUT2D eigenvalue weighted by Gasteiger charge is 2.16. The predicted molar refractivity (Wildman–Crippen MR) is 66.7 cm³/mol. The molecule has 0 aliphatic carbocycles. The largest absolute Gasteiger partial charge is 0.454 e. The van der Waals surface area contributed by atoms with Crippen LogP contribution in [-0.2, 0) is 16.0 Å². The van der Waals surface area contributed by atoms with Gasteiger partial charge in [0.2, 0.25) is 6.79 Å². The van der Waals surface area contributed by atoms with Gasteiger partial charge in [0.15, 0.2) is 17.8 Å². The van der Waals surface area contributed by atoms with Crippen LogP contribution in [0.25, 0.3) is 0 Å². The van der Waals surface area contributed by atoms with Gasteiger partial charge in [-0.3, -0.25) is 0 Å². The second kappa shape index (κ2) is 6.04. The number of ether oxygens (including phenoxy) is 4. The lowest BCUT2D eigenvalue weighted by Crippen LogP contribution is -2.39. The van der Waals surface area contributed by atoms with Crippen molar-refractivity contribution in [3.05, 3.63) is 23.8 Å². The van der Waals surface area contributed by atoms with E-state index < -0.39 is 0 Å². The first-order valence-electron chi connectivity index (χ1n) is 5.92. The second-order valence-corrected chi connectivity index (χ2v) is 4.20. The van der Waals surface area contributed by atoms with E-state index in [0.717, 1.165) is 23.6 Å². The minimum atomic E-state index is -0.251. The van der Waals surface area contributed by atoms with E-state index in [1.807, 2.05) is 25.1 Å². The molecule has 0 saturated carbocycles. The van der Waals surface area contributed by atoms with Crippen molar-refractivity contribution >= 4 is 0 Å². The van der Waals surface area contributed by atoms with Crippen LogP contribution < -0.4 is 14.8 Å². The molecule has 1 N–H and O–H groups in total. The summed E-state index contributed by atoms with van der Waals surface area (Å²) in [5.41, 5.74) is 1.14. The fourth-order valence-electron chi connectivity index (χ4n) is 1.93. The van der Waals surface area contributed by atoms with Gasteiger partial charge in [-0.2, -0.15) is 0 Å². The van der Waals surface area contributed by atoms with Gasteiger partial charge in [-0.05, 0) is 24.6 Å². The van der Waals surface area contributed by atoms with E-state index in [-0.39, 0.29) is 12.3 Å². The van der Waals surface area contributed by atoms with Crippen molar-refractivity contribution in [3.8, 4) is 11.5 Å². The third-order valence-electron chi connectivity index (χ3n) is 2.94. The van der Waals surface area contributed by atoms with Gasteiger partial charge in [0.25, 0.3) is 0 Å². The minimum absolute atomic E-state index is 0.102. The summed E-state index contributed by atoms with van der Waals surface area (Å²) in [5.74, 6) is 1.61. The van der Waals surface area contributed by atoms with Gasteiger partial charge in [-0.15, -0.1) is 0 Å². The van der Waals surface area contributed by atoms with E-state index >= 15 is 0 Å². The molecule has 1 unspecified atom stereocenters. The summed E-state index contributed by atoms with van der Waals surface area (Å²) in [6.07, 6.45) is -0.251. The zero-order valence-electron chi connectivity index (χ0n) is 10.9. The molecule has 0 aromatic heterocycles. The molecule has 0 spiro atoms. The average Bonchev–Trinajstić information content (AvgIpc) is 2.85. The number of rotatable bonds is 6. The summed E-state index contributed by atoms with van der Waals surface area (Å²) in [6.45, 7) is 3.05. The van der Waals surface area contributed by atoms with Gasteiger partial charge >= 0.3 is 0 Å². The van der Waals surface area contributed by atoms with E-state index in [0.29, 0.717) is 6.79 Å². The Morgan fingerprint density at radius 2 is 1.94 bits per heavy atom. The Labute approximate surface area is 107 Å². The highest BCUT2D eigenvalue weighted by atomic mass is 16.7. The Balaban J connectivity index is 1.90. The lowest BCUT2D eigenvalue weighted by molar-refractivity contribution is -0.119. The summed E-state index contributed by atoms with van der Waals surface area (Å²) in [5, 5.41) is 3.35. The number of methoxy groups -OCH3 is 2. The smallest absolute Gasteiger partial charge is 0.231 e. The molecule has 1 aliphatic rings. The topological polar surface area (TPSA) is 49.0 Å². The summed E-state index contributed by atoms with van der Waals surface area (Å²) in [7, 11) is 3.26. The van der Waals surface area contributed by atoms with E-state index in [9.17, 15) is 0 Å². The molecule has 5 heteroatoms. The van der Waals surface area contributed by atoms with Crippen molar-refractivity contribution in [1.29, 1.82) is 0 Å². The van der Waals surface area contributed by atoms with Crippen molar-refractivity contribution < 1.29 is 18.9 Å². The zero-order valence-corrected chi connectivity index (χ0v) is 10.9. The normalized spacial score (nSPS) is 15.1. The van der Waals surface area contributed by atoms with Crippen LogP contribution in [0, 0.1) is 0 Å². The van der Waals surface area contributed by atoms with Crippen molar-refractivity contribution in [2.24, 2.45) is 0 Å². The molecule has 100 valence electrons. The van der Waals surface area contributed by atoms with Crippen LogP contribution in [0.15, 0.2) is 18.2 Å². The highest BCUT2D eigenvalue weighted by molar-refractivity contribution is 5.44. The van der Waals surface area contributed by atoms with Crippen molar-refractivity contribution in [3.63, 3.8) is 0 Å². The minimum Gasteiger partial charge on any atom is -0.454 e. The van der Waals surface area contributed by atoms with Crippen LogP contribution in [0.1, 0.15) is 12.5 Å². The standard InChI is InChI=1S/C13H19NO4/c1-9(13(15-2)16-3)14-7-10-4-5-11-12(6-10)18-8-17-11/h4-6,9,13-14H,7-8H2,1-3H3. The molecule has 1 aliphatic heterocycles. The zero-order chi connectivity index (χ0) is 13.0. The first-order chi connectivity index (χ1) is 8.74. The van der Waals surface area contributed by atoms with Crippen LogP contribution in [0.4, 0.5) is 0 Å². The number of nitrogens with one attached hydrogen (secondary N) is 1. The highest BCUT2D eigenvalue weighted by Crippen LogP contribution is 2.32. The number of hydrogen-bond donors (Lipinski definition) is 1. The molecule has 0 saturated heterocycles. The molecule has 1 aromatic rings. The molecule has 1 aromatic carbocycles. The Morgan fingerprint density at radius 1 is 1.22 bits per heavy atom. The third-order valence-corrected chi connectivity index (χ3v) is 2.94. The number of fused-ring (bicyclic) bond motifs is 1.